The summed E-state index contributed by atoms with van der Waals surface area (Å²) in [6.45, 7) is 4.46. The van der Waals surface area contributed by atoms with Crippen LogP contribution in [0.3, 0.4) is 0 Å². The van der Waals surface area contributed by atoms with Gasteiger partial charge in [0.1, 0.15) is 18.2 Å². The molecule has 0 radical (unpaired) electrons. The topological polar surface area (TPSA) is 109 Å². The summed E-state index contributed by atoms with van der Waals surface area (Å²) in [6, 6.07) is 2.85. The first-order valence-electron chi connectivity index (χ1n) is 6.92. The maximum atomic E-state index is 11.0. The van der Waals surface area contributed by atoms with Crippen LogP contribution in [0.4, 0.5) is 5.69 Å². The van der Waals surface area contributed by atoms with E-state index in [-0.39, 0.29) is 25.7 Å². The number of rotatable bonds is 6. The minimum atomic E-state index is -0.464. The van der Waals surface area contributed by atoms with Crippen molar-refractivity contribution in [3.05, 3.63) is 33.4 Å². The van der Waals surface area contributed by atoms with E-state index in [1.54, 1.807) is 0 Å². The molecule has 0 aliphatic carbocycles. The lowest BCUT2D eigenvalue weighted by Gasteiger charge is -2.20. The molecule has 0 unspecified atom stereocenters. The van der Waals surface area contributed by atoms with Crippen molar-refractivity contribution in [2.24, 2.45) is 16.8 Å². The summed E-state index contributed by atoms with van der Waals surface area (Å²) in [7, 11) is 0. The molecule has 0 spiro atoms. The molecule has 8 nitrogen and oxygen atoms in total. The second-order valence-corrected chi connectivity index (χ2v) is 5.41. The number of non-ortho nitro benzene ring substituents is 1. The monoisotopic (exact) mass is 309 g/mol. The second kappa shape index (κ2) is 7.08. The predicted octanol–water partition coefficient (Wildman–Crippen LogP) is 2.30. The van der Waals surface area contributed by atoms with Crippen LogP contribution in [-0.2, 0) is 22.8 Å². The van der Waals surface area contributed by atoms with Crippen LogP contribution in [0.25, 0.3) is 0 Å². The van der Waals surface area contributed by atoms with Crippen LogP contribution >= 0.6 is 0 Å². The zero-order chi connectivity index (χ0) is 16.1. The lowest BCUT2D eigenvalue weighted by molar-refractivity contribution is -0.385. The van der Waals surface area contributed by atoms with E-state index >= 15 is 0 Å². The zero-order valence-electron chi connectivity index (χ0n) is 12.6. The standard InChI is InChI=1S/C14H19N3O5/c1-9(2)3-13(15)16-22-7-11-5-12(17(18)19)4-10-6-20-8-21-14(10)11/h4-5,9H,3,6-8H2,1-2H3,(H2,15,16). The number of oxime groups is 1. The first kappa shape index (κ1) is 16.0. The highest BCUT2D eigenvalue weighted by Crippen LogP contribution is 2.33. The maximum absolute atomic E-state index is 11.0. The lowest BCUT2D eigenvalue weighted by Crippen LogP contribution is -2.16. The third kappa shape index (κ3) is 4.08. The Balaban J connectivity index is 2.15. The minimum absolute atomic E-state index is 0.0365. The number of nitro groups is 1. The van der Waals surface area contributed by atoms with Gasteiger partial charge in [0.2, 0.25) is 0 Å². The first-order chi connectivity index (χ1) is 10.5. The summed E-state index contributed by atoms with van der Waals surface area (Å²) in [6.07, 6.45) is 0.622. The molecule has 22 heavy (non-hydrogen) atoms. The van der Waals surface area contributed by atoms with Crippen molar-refractivity contribution in [3.8, 4) is 5.75 Å². The predicted molar refractivity (Wildman–Crippen MR) is 79.2 cm³/mol. The van der Waals surface area contributed by atoms with Crippen molar-refractivity contribution in [1.82, 2.24) is 0 Å². The summed E-state index contributed by atoms with van der Waals surface area (Å²) < 4.78 is 10.5. The van der Waals surface area contributed by atoms with Crippen LogP contribution in [0.15, 0.2) is 17.3 Å². The Morgan fingerprint density at radius 2 is 2.32 bits per heavy atom. The molecular weight excluding hydrogens is 290 g/mol. The first-order valence-corrected chi connectivity index (χ1v) is 6.92. The zero-order valence-corrected chi connectivity index (χ0v) is 12.6. The number of hydrogen-bond acceptors (Lipinski definition) is 6. The highest BCUT2D eigenvalue weighted by atomic mass is 16.7. The summed E-state index contributed by atoms with van der Waals surface area (Å²) in [5.74, 6) is 1.31. The van der Waals surface area contributed by atoms with Gasteiger partial charge in [-0.05, 0) is 5.92 Å². The summed E-state index contributed by atoms with van der Waals surface area (Å²) in [5, 5.41) is 14.8. The molecule has 2 N–H and O–H groups in total. The Hall–Kier alpha value is -2.35. The molecule has 120 valence electrons. The quantitative estimate of drug-likeness (QED) is 0.374. The van der Waals surface area contributed by atoms with Crippen LogP contribution < -0.4 is 10.5 Å². The van der Waals surface area contributed by atoms with E-state index in [1.165, 1.54) is 12.1 Å². The molecule has 1 heterocycles. The van der Waals surface area contributed by atoms with E-state index in [4.69, 9.17) is 20.0 Å². The Labute approximate surface area is 128 Å². The molecule has 1 aromatic carbocycles. The summed E-state index contributed by atoms with van der Waals surface area (Å²) >= 11 is 0. The van der Waals surface area contributed by atoms with E-state index < -0.39 is 4.92 Å². The molecule has 0 saturated carbocycles. The van der Waals surface area contributed by atoms with Crippen LogP contribution in [-0.4, -0.2) is 17.6 Å². The largest absolute Gasteiger partial charge is 0.467 e. The van der Waals surface area contributed by atoms with Gasteiger partial charge in [-0.1, -0.05) is 19.0 Å². The van der Waals surface area contributed by atoms with Gasteiger partial charge in [0.25, 0.3) is 5.69 Å². The molecule has 1 aromatic rings. The highest BCUT2D eigenvalue weighted by Gasteiger charge is 2.21. The Kier molecular flexibility index (Phi) is 5.16. The van der Waals surface area contributed by atoms with E-state index in [9.17, 15) is 10.1 Å². The van der Waals surface area contributed by atoms with Gasteiger partial charge in [0, 0.05) is 29.7 Å². The number of nitrogens with zero attached hydrogens (tertiary/aromatic N) is 2. The van der Waals surface area contributed by atoms with Gasteiger partial charge in [-0.2, -0.15) is 0 Å². The average Bonchev–Trinajstić information content (AvgIpc) is 2.46. The number of nitrogens with two attached hydrogens (primary N) is 1. The van der Waals surface area contributed by atoms with Gasteiger partial charge < -0.3 is 20.0 Å². The number of hydrogen-bond donors (Lipinski definition) is 1. The van der Waals surface area contributed by atoms with Gasteiger partial charge >= 0.3 is 0 Å². The normalized spacial score (nSPS) is 14.4. The van der Waals surface area contributed by atoms with Crippen molar-refractivity contribution in [1.29, 1.82) is 0 Å². The van der Waals surface area contributed by atoms with Crippen molar-refractivity contribution >= 4 is 11.5 Å². The molecule has 0 bridgehead atoms. The Bertz CT molecular complexity index is 586. The summed E-state index contributed by atoms with van der Waals surface area (Å²) in [4.78, 5) is 15.7. The van der Waals surface area contributed by atoms with Crippen LogP contribution in [0.1, 0.15) is 31.4 Å². The number of benzene rings is 1. The maximum Gasteiger partial charge on any atom is 0.270 e. The number of ether oxygens (including phenoxy) is 2. The van der Waals surface area contributed by atoms with E-state index in [1.807, 2.05) is 13.8 Å². The van der Waals surface area contributed by atoms with Gasteiger partial charge in [-0.15, -0.1) is 0 Å². The third-order valence-corrected chi connectivity index (χ3v) is 3.00. The Morgan fingerprint density at radius 1 is 1.55 bits per heavy atom. The number of amidine groups is 1. The van der Waals surface area contributed by atoms with Crippen molar-refractivity contribution in [2.75, 3.05) is 6.79 Å². The Morgan fingerprint density at radius 3 is 3.00 bits per heavy atom. The van der Waals surface area contributed by atoms with Crippen molar-refractivity contribution < 1.29 is 19.2 Å². The fourth-order valence-corrected chi connectivity index (χ4v) is 2.13. The molecule has 2 rings (SSSR count). The lowest BCUT2D eigenvalue weighted by atomic mass is 10.1. The van der Waals surface area contributed by atoms with Crippen LogP contribution in [0.2, 0.25) is 0 Å². The molecule has 8 heteroatoms. The molecule has 1 aliphatic heterocycles. The molecule has 0 amide bonds. The van der Waals surface area contributed by atoms with Gasteiger partial charge in [-0.25, -0.2) is 0 Å². The number of nitro benzene ring substituents is 1. The van der Waals surface area contributed by atoms with Crippen molar-refractivity contribution in [2.45, 2.75) is 33.5 Å². The smallest absolute Gasteiger partial charge is 0.270 e. The minimum Gasteiger partial charge on any atom is -0.467 e. The number of fused-ring (bicyclic) bond motifs is 1. The van der Waals surface area contributed by atoms with Crippen LogP contribution in [0.5, 0.6) is 5.75 Å². The highest BCUT2D eigenvalue weighted by molar-refractivity contribution is 5.79. The van der Waals surface area contributed by atoms with E-state index in [0.717, 1.165) is 0 Å². The molecule has 1 aliphatic rings. The van der Waals surface area contributed by atoms with E-state index in [2.05, 4.69) is 5.16 Å². The molecule has 0 aromatic heterocycles. The fraction of sp³-hybridized carbons (Fsp3) is 0.500. The van der Waals surface area contributed by atoms with Gasteiger partial charge in [-0.3, -0.25) is 10.1 Å². The SMILES string of the molecule is CC(C)CC(N)=NOCc1cc([N+](=O)[O-])cc2c1OCOC2. The van der Waals surface area contributed by atoms with Crippen LogP contribution in [0, 0.1) is 16.0 Å². The molecule has 0 saturated heterocycles. The van der Waals surface area contributed by atoms with Gasteiger partial charge in [0.05, 0.1) is 11.5 Å². The summed E-state index contributed by atoms with van der Waals surface area (Å²) in [5.41, 5.74) is 6.86. The molecular formula is C14H19N3O5. The van der Waals surface area contributed by atoms with Crippen molar-refractivity contribution in [3.63, 3.8) is 0 Å². The second-order valence-electron chi connectivity index (χ2n) is 5.41. The third-order valence-electron chi connectivity index (χ3n) is 3.00. The van der Waals surface area contributed by atoms with Gasteiger partial charge in [0.15, 0.2) is 6.79 Å². The fourth-order valence-electron chi connectivity index (χ4n) is 2.13. The van der Waals surface area contributed by atoms with E-state index in [0.29, 0.717) is 35.1 Å². The average molecular weight is 309 g/mol. The molecule has 0 atom stereocenters. The molecule has 0 fully saturated rings.